The van der Waals surface area contributed by atoms with Gasteiger partial charge in [-0.15, -0.1) is 0 Å². The first-order valence-corrected chi connectivity index (χ1v) is 8.64. The average molecular weight is 371 g/mol. The van der Waals surface area contributed by atoms with E-state index in [4.69, 9.17) is 9.47 Å². The van der Waals surface area contributed by atoms with Gasteiger partial charge in [0, 0.05) is 18.2 Å². The van der Waals surface area contributed by atoms with Gasteiger partial charge in [-0.05, 0) is 25.0 Å². The van der Waals surface area contributed by atoms with E-state index in [2.05, 4.69) is 0 Å². The third-order valence-electron chi connectivity index (χ3n) is 4.88. The Kier molecular flexibility index (Phi) is 4.27. The summed E-state index contributed by atoms with van der Waals surface area (Å²) in [5, 5.41) is 22.5. The van der Waals surface area contributed by atoms with E-state index < -0.39 is 9.85 Å². The molecule has 0 radical (unpaired) electrons. The van der Waals surface area contributed by atoms with E-state index in [0.717, 1.165) is 24.5 Å². The quantitative estimate of drug-likeness (QED) is 0.596. The van der Waals surface area contributed by atoms with Crippen LogP contribution in [0, 0.1) is 20.2 Å². The van der Waals surface area contributed by atoms with Crippen LogP contribution in [0.3, 0.4) is 0 Å². The fourth-order valence-corrected chi connectivity index (χ4v) is 3.75. The van der Waals surface area contributed by atoms with Crippen LogP contribution in [0.2, 0.25) is 0 Å². The van der Waals surface area contributed by atoms with Crippen molar-refractivity contribution < 1.29 is 19.3 Å². The number of rotatable bonds is 4. The van der Waals surface area contributed by atoms with Crippen LogP contribution in [-0.4, -0.2) is 29.6 Å². The first-order chi connectivity index (χ1) is 13.1. The van der Waals surface area contributed by atoms with E-state index in [-0.39, 0.29) is 17.4 Å². The lowest BCUT2D eigenvalue weighted by Gasteiger charge is -2.30. The van der Waals surface area contributed by atoms with Crippen LogP contribution in [0.5, 0.6) is 11.5 Å². The van der Waals surface area contributed by atoms with E-state index in [1.807, 2.05) is 23.1 Å². The molecule has 0 bridgehead atoms. The Morgan fingerprint density at radius 1 is 1.04 bits per heavy atom. The molecule has 1 saturated heterocycles. The van der Waals surface area contributed by atoms with Crippen molar-refractivity contribution in [3.05, 3.63) is 62.2 Å². The molecule has 4 rings (SSSR count). The second-order valence-corrected chi connectivity index (χ2v) is 6.41. The van der Waals surface area contributed by atoms with Crippen LogP contribution < -0.4 is 14.4 Å². The van der Waals surface area contributed by atoms with Crippen molar-refractivity contribution in [2.75, 3.05) is 24.7 Å². The molecule has 0 aromatic heterocycles. The SMILES string of the molecule is O=[N+]([O-])c1ccc(N2CCCC2c2cccc3c2OCCO3)c([N+](=O)[O-])c1. The van der Waals surface area contributed by atoms with Gasteiger partial charge < -0.3 is 14.4 Å². The van der Waals surface area contributed by atoms with Gasteiger partial charge in [0.25, 0.3) is 11.4 Å². The molecule has 2 aromatic rings. The summed E-state index contributed by atoms with van der Waals surface area (Å²) in [7, 11) is 0. The van der Waals surface area contributed by atoms with Crippen molar-refractivity contribution in [3.8, 4) is 11.5 Å². The summed E-state index contributed by atoms with van der Waals surface area (Å²) in [6, 6.07) is 9.31. The minimum Gasteiger partial charge on any atom is -0.486 e. The van der Waals surface area contributed by atoms with Crippen molar-refractivity contribution in [3.63, 3.8) is 0 Å². The summed E-state index contributed by atoms with van der Waals surface area (Å²) in [5.41, 5.74) is 0.730. The zero-order valence-corrected chi connectivity index (χ0v) is 14.4. The predicted molar refractivity (Wildman–Crippen MR) is 96.5 cm³/mol. The molecule has 0 spiro atoms. The number of anilines is 1. The minimum absolute atomic E-state index is 0.123. The lowest BCUT2D eigenvalue weighted by atomic mass is 10.0. The van der Waals surface area contributed by atoms with Crippen molar-refractivity contribution in [1.82, 2.24) is 0 Å². The summed E-state index contributed by atoms with van der Waals surface area (Å²) in [5.74, 6) is 1.34. The van der Waals surface area contributed by atoms with Crippen LogP contribution in [-0.2, 0) is 0 Å². The van der Waals surface area contributed by atoms with Gasteiger partial charge >= 0.3 is 0 Å². The maximum Gasteiger partial charge on any atom is 0.299 e. The molecule has 2 heterocycles. The third kappa shape index (κ3) is 3.01. The fraction of sp³-hybridized carbons (Fsp3) is 0.333. The molecule has 1 fully saturated rings. The Hall–Kier alpha value is -3.36. The molecule has 0 saturated carbocycles. The van der Waals surface area contributed by atoms with E-state index >= 15 is 0 Å². The standard InChI is InChI=1S/C18H17N3O6/c22-20(23)12-6-7-15(16(11-12)21(24)25)19-8-2-4-14(19)13-3-1-5-17-18(13)27-10-9-26-17/h1,3,5-7,11,14H,2,4,8-10H2. The highest BCUT2D eigenvalue weighted by Crippen LogP contribution is 2.46. The molecule has 2 aliphatic rings. The van der Waals surface area contributed by atoms with Crippen molar-refractivity contribution >= 4 is 17.1 Å². The summed E-state index contributed by atoms with van der Waals surface area (Å²) >= 11 is 0. The molecule has 0 aliphatic carbocycles. The Morgan fingerprint density at radius 3 is 2.63 bits per heavy atom. The van der Waals surface area contributed by atoms with Crippen LogP contribution in [0.25, 0.3) is 0 Å². The highest BCUT2D eigenvalue weighted by Gasteiger charge is 2.34. The zero-order valence-electron chi connectivity index (χ0n) is 14.4. The van der Waals surface area contributed by atoms with Gasteiger partial charge in [0.1, 0.15) is 18.9 Å². The monoisotopic (exact) mass is 371 g/mol. The molecule has 1 atom stereocenters. The number of nitro benzene ring substituents is 2. The molecule has 140 valence electrons. The summed E-state index contributed by atoms with van der Waals surface area (Å²) in [6.07, 6.45) is 1.65. The largest absolute Gasteiger partial charge is 0.486 e. The first-order valence-electron chi connectivity index (χ1n) is 8.64. The molecule has 0 N–H and O–H groups in total. The van der Waals surface area contributed by atoms with E-state index in [1.165, 1.54) is 12.1 Å². The highest BCUT2D eigenvalue weighted by molar-refractivity contribution is 5.68. The lowest BCUT2D eigenvalue weighted by molar-refractivity contribution is -0.393. The van der Waals surface area contributed by atoms with Gasteiger partial charge in [-0.3, -0.25) is 20.2 Å². The molecule has 27 heavy (non-hydrogen) atoms. The Balaban J connectivity index is 1.77. The normalized spacial score (nSPS) is 18.4. The molecule has 0 amide bonds. The number of ether oxygens (including phenoxy) is 2. The van der Waals surface area contributed by atoms with Crippen LogP contribution in [0.15, 0.2) is 36.4 Å². The third-order valence-corrected chi connectivity index (χ3v) is 4.88. The minimum atomic E-state index is -0.628. The molecule has 9 nitrogen and oxygen atoms in total. The highest BCUT2D eigenvalue weighted by atomic mass is 16.6. The molecular formula is C18H17N3O6. The second-order valence-electron chi connectivity index (χ2n) is 6.41. The van der Waals surface area contributed by atoms with Crippen molar-refractivity contribution in [2.24, 2.45) is 0 Å². The van der Waals surface area contributed by atoms with Gasteiger partial charge in [0.15, 0.2) is 11.5 Å². The van der Waals surface area contributed by atoms with Crippen molar-refractivity contribution in [1.29, 1.82) is 0 Å². The van der Waals surface area contributed by atoms with Crippen LogP contribution >= 0.6 is 0 Å². The van der Waals surface area contributed by atoms with Gasteiger partial charge in [-0.2, -0.15) is 0 Å². The number of hydrogen-bond donors (Lipinski definition) is 0. The van der Waals surface area contributed by atoms with Gasteiger partial charge in [-0.1, -0.05) is 12.1 Å². The maximum absolute atomic E-state index is 11.5. The first kappa shape index (κ1) is 17.1. The van der Waals surface area contributed by atoms with Crippen LogP contribution in [0.1, 0.15) is 24.4 Å². The van der Waals surface area contributed by atoms with E-state index in [9.17, 15) is 20.2 Å². The lowest BCUT2D eigenvalue weighted by Crippen LogP contribution is -2.25. The summed E-state index contributed by atoms with van der Waals surface area (Å²) in [4.78, 5) is 23.3. The van der Waals surface area contributed by atoms with Crippen molar-refractivity contribution in [2.45, 2.75) is 18.9 Å². The van der Waals surface area contributed by atoms with E-state index in [1.54, 1.807) is 0 Å². The van der Waals surface area contributed by atoms with Crippen LogP contribution in [0.4, 0.5) is 17.1 Å². The maximum atomic E-state index is 11.5. The zero-order chi connectivity index (χ0) is 19.0. The molecule has 1 unspecified atom stereocenters. The van der Waals surface area contributed by atoms with Gasteiger partial charge in [0.05, 0.1) is 22.0 Å². The molecule has 2 aliphatic heterocycles. The number of hydrogen-bond acceptors (Lipinski definition) is 7. The average Bonchev–Trinajstić information content (AvgIpc) is 3.16. The smallest absolute Gasteiger partial charge is 0.299 e. The number of benzene rings is 2. The Morgan fingerprint density at radius 2 is 1.85 bits per heavy atom. The second kappa shape index (κ2) is 6.75. The Labute approximate surface area is 154 Å². The molecule has 2 aromatic carbocycles. The van der Waals surface area contributed by atoms with Gasteiger partial charge in [-0.25, -0.2) is 0 Å². The summed E-state index contributed by atoms with van der Waals surface area (Å²) < 4.78 is 11.4. The number of fused-ring (bicyclic) bond motifs is 1. The number of nitrogens with zero attached hydrogens (tertiary/aromatic N) is 3. The van der Waals surface area contributed by atoms with Gasteiger partial charge in [0.2, 0.25) is 0 Å². The fourth-order valence-electron chi connectivity index (χ4n) is 3.75. The van der Waals surface area contributed by atoms with E-state index in [0.29, 0.717) is 36.9 Å². The summed E-state index contributed by atoms with van der Waals surface area (Å²) in [6.45, 7) is 1.56. The number of non-ortho nitro benzene ring substituents is 1. The molecule has 9 heteroatoms. The number of nitro groups is 2. The Bertz CT molecular complexity index is 916. The number of para-hydroxylation sites is 1. The predicted octanol–water partition coefficient (Wildman–Crippen LogP) is 3.62. The molecular weight excluding hydrogens is 354 g/mol. The topological polar surface area (TPSA) is 108 Å².